The second-order valence-corrected chi connectivity index (χ2v) is 6.90. The maximum atomic E-state index is 11.0. The lowest BCUT2D eigenvalue weighted by Gasteiger charge is -2.10. The Hall–Kier alpha value is -3.85. The van der Waals surface area contributed by atoms with Gasteiger partial charge in [0, 0.05) is 11.1 Å². The number of hydrogen-bond donors (Lipinski definition) is 0. The Kier molecular flexibility index (Phi) is 5.59. The van der Waals surface area contributed by atoms with Crippen LogP contribution in [0.4, 0.5) is 5.82 Å². The molecule has 0 saturated carbocycles. The Morgan fingerprint density at radius 3 is 2.19 bits per heavy atom. The van der Waals surface area contributed by atoms with E-state index in [4.69, 9.17) is 26.2 Å². The third kappa shape index (κ3) is 3.82. The van der Waals surface area contributed by atoms with Crippen LogP contribution in [0.25, 0.3) is 22.5 Å². The van der Waals surface area contributed by atoms with Gasteiger partial charge in [-0.3, -0.25) is 0 Å². The normalized spacial score (nSPS) is 10.8. The number of benzene rings is 2. The van der Waals surface area contributed by atoms with Crippen LogP contribution in [-0.4, -0.2) is 38.7 Å². The molecule has 4 aromatic rings. The molecule has 158 valence electrons. The predicted octanol–water partition coefficient (Wildman–Crippen LogP) is 4.50. The van der Waals surface area contributed by atoms with E-state index in [2.05, 4.69) is 5.10 Å². The summed E-state index contributed by atoms with van der Waals surface area (Å²) in [7, 11) is 3.15. The van der Waals surface area contributed by atoms with Crippen molar-refractivity contribution >= 4 is 17.4 Å². The minimum Gasteiger partial charge on any atom is -0.496 e. The fraction of sp³-hybridized carbons (Fsp3) is 0.143. The van der Waals surface area contributed by atoms with E-state index in [-0.39, 0.29) is 12.5 Å². The highest BCUT2D eigenvalue weighted by molar-refractivity contribution is 6.35. The lowest BCUT2D eigenvalue weighted by Crippen LogP contribution is -2.12. The zero-order chi connectivity index (χ0) is 22.0. The van der Waals surface area contributed by atoms with Gasteiger partial charge in [-0.1, -0.05) is 35.9 Å². The average Bonchev–Trinajstić information content (AvgIpc) is 3.38. The van der Waals surface area contributed by atoms with E-state index in [1.807, 2.05) is 48.5 Å². The van der Waals surface area contributed by atoms with Gasteiger partial charge in [0.25, 0.3) is 0 Å². The fourth-order valence-electron chi connectivity index (χ4n) is 3.32. The Balaban J connectivity index is 1.90. The van der Waals surface area contributed by atoms with Crippen LogP contribution in [0.5, 0.6) is 11.5 Å². The summed E-state index contributed by atoms with van der Waals surface area (Å²) in [6, 6.07) is 16.2. The summed E-state index contributed by atoms with van der Waals surface area (Å²) >= 11 is 6.85. The molecular formula is C21H18ClN5O4. The number of aromatic nitrogens is 4. The van der Waals surface area contributed by atoms with Crippen LogP contribution >= 0.6 is 11.6 Å². The van der Waals surface area contributed by atoms with Gasteiger partial charge in [0.2, 0.25) is 0 Å². The van der Waals surface area contributed by atoms with Crippen molar-refractivity contribution in [2.24, 2.45) is 0 Å². The lowest BCUT2D eigenvalue weighted by molar-refractivity contribution is -0.389. The molecule has 10 heteroatoms. The SMILES string of the molecule is COc1ccccc1-c1nn(Cn2ccc([N+](=O)[O-])n2)c(-c2ccccc2OC)c1Cl. The number of nitrogens with zero attached hydrogens (tertiary/aromatic N) is 5. The quantitative estimate of drug-likeness (QED) is 0.310. The first kappa shape index (κ1) is 20.4. The van der Waals surface area contributed by atoms with Crippen molar-refractivity contribution in [3.05, 3.63) is 75.9 Å². The molecule has 0 unspecified atom stereocenters. The van der Waals surface area contributed by atoms with E-state index in [0.29, 0.717) is 27.9 Å². The van der Waals surface area contributed by atoms with Crippen LogP contribution in [0.3, 0.4) is 0 Å². The molecule has 0 atom stereocenters. The molecule has 2 aromatic carbocycles. The molecule has 31 heavy (non-hydrogen) atoms. The van der Waals surface area contributed by atoms with E-state index < -0.39 is 4.92 Å². The summed E-state index contributed by atoms with van der Waals surface area (Å²) in [5, 5.41) is 20.1. The Labute approximate surface area is 182 Å². The van der Waals surface area contributed by atoms with Gasteiger partial charge >= 0.3 is 5.82 Å². The van der Waals surface area contributed by atoms with Crippen LogP contribution in [-0.2, 0) is 6.67 Å². The molecule has 0 aliphatic carbocycles. The van der Waals surface area contributed by atoms with Crippen molar-refractivity contribution in [2.75, 3.05) is 14.2 Å². The highest BCUT2D eigenvalue weighted by Gasteiger charge is 2.24. The summed E-state index contributed by atoms with van der Waals surface area (Å²) in [5.41, 5.74) is 2.56. The minimum atomic E-state index is -0.548. The van der Waals surface area contributed by atoms with E-state index in [9.17, 15) is 10.1 Å². The summed E-state index contributed by atoms with van der Waals surface area (Å²) in [6.45, 7) is 0.107. The van der Waals surface area contributed by atoms with Gasteiger partial charge in [-0.05, 0) is 29.2 Å². The molecule has 0 aliphatic heterocycles. The van der Waals surface area contributed by atoms with E-state index in [1.165, 1.54) is 16.9 Å². The Morgan fingerprint density at radius 2 is 1.58 bits per heavy atom. The molecule has 0 amide bonds. The first-order chi connectivity index (χ1) is 15.0. The minimum absolute atomic E-state index is 0.107. The van der Waals surface area contributed by atoms with Gasteiger partial charge in [-0.25, -0.2) is 4.68 Å². The number of halogens is 1. The largest absolute Gasteiger partial charge is 0.496 e. The van der Waals surface area contributed by atoms with Crippen LogP contribution in [0.15, 0.2) is 60.8 Å². The van der Waals surface area contributed by atoms with Gasteiger partial charge in [0.05, 0.1) is 42.3 Å². The number of methoxy groups -OCH3 is 2. The Bertz CT molecular complexity index is 1250. The van der Waals surface area contributed by atoms with Crippen molar-refractivity contribution < 1.29 is 14.4 Å². The van der Waals surface area contributed by atoms with Crippen LogP contribution in [0, 0.1) is 10.1 Å². The highest BCUT2D eigenvalue weighted by atomic mass is 35.5. The van der Waals surface area contributed by atoms with Crippen LogP contribution < -0.4 is 9.47 Å². The highest BCUT2D eigenvalue weighted by Crippen LogP contribution is 2.42. The average molecular weight is 440 g/mol. The molecule has 0 spiro atoms. The molecule has 9 nitrogen and oxygen atoms in total. The summed E-state index contributed by atoms with van der Waals surface area (Å²) in [5.74, 6) is 0.987. The predicted molar refractivity (Wildman–Crippen MR) is 115 cm³/mol. The third-order valence-corrected chi connectivity index (χ3v) is 5.07. The van der Waals surface area contributed by atoms with Crippen molar-refractivity contribution in [1.29, 1.82) is 0 Å². The monoisotopic (exact) mass is 439 g/mol. The zero-order valence-electron chi connectivity index (χ0n) is 16.7. The van der Waals surface area contributed by atoms with Crippen LogP contribution in [0.2, 0.25) is 5.02 Å². The second-order valence-electron chi connectivity index (χ2n) is 6.52. The van der Waals surface area contributed by atoms with E-state index in [1.54, 1.807) is 18.9 Å². The zero-order valence-corrected chi connectivity index (χ0v) is 17.5. The summed E-state index contributed by atoms with van der Waals surface area (Å²) in [6.07, 6.45) is 1.52. The van der Waals surface area contributed by atoms with Gasteiger partial charge in [-0.15, -0.1) is 0 Å². The van der Waals surface area contributed by atoms with Crippen LogP contribution in [0.1, 0.15) is 0 Å². The van der Waals surface area contributed by atoms with Gasteiger partial charge in [0.15, 0.2) is 6.67 Å². The number of ether oxygens (including phenoxy) is 2. The molecule has 2 aromatic heterocycles. The molecule has 0 saturated heterocycles. The smallest absolute Gasteiger partial charge is 0.389 e. The number of para-hydroxylation sites is 2. The number of nitro groups is 1. The van der Waals surface area contributed by atoms with Gasteiger partial charge in [0.1, 0.15) is 17.2 Å². The maximum Gasteiger partial charge on any atom is 0.389 e. The first-order valence-corrected chi connectivity index (χ1v) is 9.62. The standard InChI is InChI=1S/C21H18ClN5O4/c1-30-16-9-5-3-7-14(16)20-19(22)21(15-8-4-6-10-17(15)31-2)26(24-20)13-25-12-11-18(23-25)27(28)29/h3-12H,13H2,1-2H3. The molecular weight excluding hydrogens is 422 g/mol. The topological polar surface area (TPSA) is 97.2 Å². The third-order valence-electron chi connectivity index (χ3n) is 4.71. The van der Waals surface area contributed by atoms with E-state index in [0.717, 1.165) is 11.1 Å². The Morgan fingerprint density at radius 1 is 0.968 bits per heavy atom. The molecule has 0 aliphatic rings. The van der Waals surface area contributed by atoms with Crippen molar-refractivity contribution in [3.63, 3.8) is 0 Å². The van der Waals surface area contributed by atoms with Crippen molar-refractivity contribution in [1.82, 2.24) is 19.6 Å². The molecule has 0 fully saturated rings. The lowest BCUT2D eigenvalue weighted by atomic mass is 10.1. The molecule has 0 bridgehead atoms. The van der Waals surface area contributed by atoms with Gasteiger partial charge in [-0.2, -0.15) is 9.78 Å². The molecule has 0 radical (unpaired) electrons. The van der Waals surface area contributed by atoms with Crippen molar-refractivity contribution in [3.8, 4) is 34.0 Å². The molecule has 4 rings (SSSR count). The summed E-state index contributed by atoms with van der Waals surface area (Å²) < 4.78 is 14.1. The van der Waals surface area contributed by atoms with Crippen molar-refractivity contribution in [2.45, 2.75) is 6.67 Å². The first-order valence-electron chi connectivity index (χ1n) is 9.24. The summed E-state index contributed by atoms with van der Waals surface area (Å²) in [4.78, 5) is 10.5. The number of rotatable bonds is 7. The molecule has 0 N–H and O–H groups in total. The van der Waals surface area contributed by atoms with Gasteiger partial charge < -0.3 is 19.6 Å². The number of hydrogen-bond acceptors (Lipinski definition) is 6. The second kappa shape index (κ2) is 8.49. The van der Waals surface area contributed by atoms with E-state index >= 15 is 0 Å². The molecule has 2 heterocycles. The maximum absolute atomic E-state index is 11.0. The fourth-order valence-corrected chi connectivity index (χ4v) is 3.66.